The maximum atomic E-state index is 12.3. The molecule has 152 valence electrons. The molecule has 1 saturated heterocycles. The van der Waals surface area contributed by atoms with E-state index in [0.29, 0.717) is 18.9 Å². The molecule has 1 aromatic carbocycles. The summed E-state index contributed by atoms with van der Waals surface area (Å²) in [5.74, 6) is 2.19. The van der Waals surface area contributed by atoms with E-state index in [0.717, 1.165) is 43.1 Å². The summed E-state index contributed by atoms with van der Waals surface area (Å²) in [5.41, 5.74) is 2.35. The fourth-order valence-corrected chi connectivity index (χ4v) is 4.45. The molecule has 0 saturated carbocycles. The Labute approximate surface area is 171 Å². The van der Waals surface area contributed by atoms with Gasteiger partial charge in [0.25, 0.3) is 0 Å². The van der Waals surface area contributed by atoms with Crippen LogP contribution in [0, 0.1) is 5.92 Å². The summed E-state index contributed by atoms with van der Waals surface area (Å²) in [6, 6.07) is 7.86. The molecule has 5 nitrogen and oxygen atoms in total. The highest BCUT2D eigenvalue weighted by molar-refractivity contribution is 7.07. The average Bonchev–Trinajstić information content (AvgIpc) is 3.23. The van der Waals surface area contributed by atoms with E-state index in [1.54, 1.807) is 25.6 Å². The topological polar surface area (TPSA) is 50.8 Å². The Kier molecular flexibility index (Phi) is 7.74. The molecule has 0 spiro atoms. The van der Waals surface area contributed by atoms with Gasteiger partial charge in [0.05, 0.1) is 14.2 Å². The van der Waals surface area contributed by atoms with Crippen molar-refractivity contribution in [3.63, 3.8) is 0 Å². The van der Waals surface area contributed by atoms with Crippen molar-refractivity contribution in [2.24, 2.45) is 5.92 Å². The van der Waals surface area contributed by atoms with Gasteiger partial charge in [-0.15, -0.1) is 0 Å². The van der Waals surface area contributed by atoms with Crippen LogP contribution in [-0.4, -0.2) is 38.1 Å². The number of hydrogen-bond acceptors (Lipinski definition) is 5. The second kappa shape index (κ2) is 10.5. The first kappa shape index (κ1) is 20.7. The zero-order valence-electron chi connectivity index (χ0n) is 16.8. The van der Waals surface area contributed by atoms with E-state index in [2.05, 4.69) is 27.0 Å². The van der Waals surface area contributed by atoms with E-state index in [4.69, 9.17) is 9.47 Å². The van der Waals surface area contributed by atoms with Crippen molar-refractivity contribution >= 4 is 17.2 Å². The first-order valence-electron chi connectivity index (χ1n) is 9.89. The van der Waals surface area contributed by atoms with Crippen LogP contribution >= 0.6 is 11.3 Å². The Bertz CT molecular complexity index is 748. The van der Waals surface area contributed by atoms with Crippen LogP contribution in [0.25, 0.3) is 0 Å². The lowest BCUT2D eigenvalue weighted by Crippen LogP contribution is -2.35. The van der Waals surface area contributed by atoms with E-state index < -0.39 is 0 Å². The second-order valence-electron chi connectivity index (χ2n) is 7.37. The molecule has 1 aliphatic heterocycles. The molecule has 0 bridgehead atoms. The van der Waals surface area contributed by atoms with Crippen molar-refractivity contribution in [2.75, 3.05) is 27.3 Å². The summed E-state index contributed by atoms with van der Waals surface area (Å²) in [7, 11) is 3.26. The molecule has 1 N–H and O–H groups in total. The molecule has 1 fully saturated rings. The Balaban J connectivity index is 1.41. The molecular formula is C22H30N2O3S. The quantitative estimate of drug-likeness (QED) is 0.687. The third-order valence-corrected chi connectivity index (χ3v) is 6.07. The van der Waals surface area contributed by atoms with Gasteiger partial charge in [-0.2, -0.15) is 11.3 Å². The van der Waals surface area contributed by atoms with Crippen LogP contribution in [-0.2, 0) is 17.9 Å². The minimum absolute atomic E-state index is 0.104. The van der Waals surface area contributed by atoms with Crippen LogP contribution in [0.5, 0.6) is 11.5 Å². The molecule has 28 heavy (non-hydrogen) atoms. The third kappa shape index (κ3) is 5.97. The molecule has 6 heteroatoms. The lowest BCUT2D eigenvalue weighted by atomic mass is 9.93. The summed E-state index contributed by atoms with van der Waals surface area (Å²) in [6.45, 7) is 3.76. The van der Waals surface area contributed by atoms with Gasteiger partial charge in [0.1, 0.15) is 11.5 Å². The van der Waals surface area contributed by atoms with Gasteiger partial charge in [0.2, 0.25) is 5.91 Å². The van der Waals surface area contributed by atoms with Crippen LogP contribution in [0.3, 0.4) is 0 Å². The van der Waals surface area contributed by atoms with Crippen molar-refractivity contribution in [2.45, 2.75) is 38.8 Å². The first-order chi connectivity index (χ1) is 13.7. The number of nitrogens with one attached hydrogen (secondary N) is 1. The monoisotopic (exact) mass is 402 g/mol. The summed E-state index contributed by atoms with van der Waals surface area (Å²) >= 11 is 1.76. The van der Waals surface area contributed by atoms with E-state index >= 15 is 0 Å². The molecule has 1 unspecified atom stereocenters. The number of benzene rings is 1. The van der Waals surface area contributed by atoms with Gasteiger partial charge >= 0.3 is 0 Å². The lowest BCUT2D eigenvalue weighted by molar-refractivity contribution is -0.121. The molecule has 1 amide bonds. The SMILES string of the molecule is COc1ccc(CNC(=O)CCC2CCCN(Cc3ccsc3)C2)c(OC)c1. The Morgan fingerprint density at radius 1 is 1.29 bits per heavy atom. The molecule has 2 heterocycles. The zero-order valence-corrected chi connectivity index (χ0v) is 17.6. The third-order valence-electron chi connectivity index (χ3n) is 5.34. The minimum Gasteiger partial charge on any atom is -0.497 e. The Hall–Kier alpha value is -2.05. The molecule has 2 aromatic rings. The lowest BCUT2D eigenvalue weighted by Gasteiger charge is -2.32. The van der Waals surface area contributed by atoms with Crippen molar-refractivity contribution in [1.82, 2.24) is 10.2 Å². The van der Waals surface area contributed by atoms with Gasteiger partial charge in [-0.05, 0) is 66.2 Å². The van der Waals surface area contributed by atoms with Crippen molar-refractivity contribution < 1.29 is 14.3 Å². The fourth-order valence-electron chi connectivity index (χ4n) is 3.79. The number of carbonyl (C=O) groups excluding carboxylic acids is 1. The van der Waals surface area contributed by atoms with Gasteiger partial charge in [-0.25, -0.2) is 0 Å². The normalized spacial score (nSPS) is 17.3. The summed E-state index contributed by atoms with van der Waals surface area (Å²) < 4.78 is 10.6. The van der Waals surface area contributed by atoms with Crippen molar-refractivity contribution in [3.8, 4) is 11.5 Å². The minimum atomic E-state index is 0.104. The number of methoxy groups -OCH3 is 2. The number of amides is 1. The molecule has 1 aliphatic rings. The number of piperidine rings is 1. The predicted octanol–water partition coefficient (Wildman–Crippen LogP) is 4.07. The van der Waals surface area contributed by atoms with E-state index in [1.807, 2.05) is 18.2 Å². The summed E-state index contributed by atoms with van der Waals surface area (Å²) in [6.07, 6.45) is 3.97. The van der Waals surface area contributed by atoms with Crippen molar-refractivity contribution in [3.05, 3.63) is 46.2 Å². The summed E-state index contributed by atoms with van der Waals surface area (Å²) in [5, 5.41) is 7.39. The molecule has 0 aliphatic carbocycles. The maximum Gasteiger partial charge on any atom is 0.220 e. The summed E-state index contributed by atoms with van der Waals surface area (Å²) in [4.78, 5) is 14.9. The molecule has 1 atom stereocenters. The van der Waals surface area contributed by atoms with Crippen LogP contribution in [0.4, 0.5) is 0 Å². The van der Waals surface area contributed by atoms with Gasteiger partial charge in [0.15, 0.2) is 0 Å². The van der Waals surface area contributed by atoms with Crippen molar-refractivity contribution in [1.29, 1.82) is 0 Å². The van der Waals surface area contributed by atoms with Gasteiger partial charge < -0.3 is 14.8 Å². The highest BCUT2D eigenvalue weighted by Gasteiger charge is 2.20. The highest BCUT2D eigenvalue weighted by atomic mass is 32.1. The van der Waals surface area contributed by atoms with Gasteiger partial charge in [-0.3, -0.25) is 9.69 Å². The number of hydrogen-bond donors (Lipinski definition) is 1. The number of rotatable bonds is 9. The number of nitrogens with zero attached hydrogens (tertiary/aromatic N) is 1. The number of thiophene rings is 1. The smallest absolute Gasteiger partial charge is 0.220 e. The average molecular weight is 403 g/mol. The maximum absolute atomic E-state index is 12.3. The Morgan fingerprint density at radius 3 is 2.93 bits per heavy atom. The molecule has 0 radical (unpaired) electrons. The van der Waals surface area contributed by atoms with Gasteiger partial charge in [-0.1, -0.05) is 0 Å². The van der Waals surface area contributed by atoms with Crippen LogP contribution in [0.15, 0.2) is 35.0 Å². The molecule has 1 aromatic heterocycles. The Morgan fingerprint density at radius 2 is 2.18 bits per heavy atom. The largest absolute Gasteiger partial charge is 0.497 e. The fraction of sp³-hybridized carbons (Fsp3) is 0.500. The van der Waals surface area contributed by atoms with Crippen LogP contribution < -0.4 is 14.8 Å². The number of ether oxygens (including phenoxy) is 2. The number of carbonyl (C=O) groups is 1. The molecule has 3 rings (SSSR count). The zero-order chi connectivity index (χ0) is 19.8. The van der Waals surface area contributed by atoms with E-state index in [-0.39, 0.29) is 5.91 Å². The first-order valence-corrected chi connectivity index (χ1v) is 10.8. The standard InChI is InChI=1S/C22H30N2O3S/c1-26-20-7-6-19(21(12-20)27-2)13-23-22(25)8-5-17-4-3-10-24(14-17)15-18-9-11-28-16-18/h6-7,9,11-12,16-17H,3-5,8,10,13-15H2,1-2H3,(H,23,25). The van der Waals surface area contributed by atoms with Crippen LogP contribution in [0.2, 0.25) is 0 Å². The van der Waals surface area contributed by atoms with E-state index in [9.17, 15) is 4.79 Å². The van der Waals surface area contributed by atoms with Crippen LogP contribution in [0.1, 0.15) is 36.8 Å². The molecular weight excluding hydrogens is 372 g/mol. The number of likely N-dealkylation sites (tertiary alicyclic amines) is 1. The second-order valence-corrected chi connectivity index (χ2v) is 8.15. The van der Waals surface area contributed by atoms with Gasteiger partial charge in [0, 0.05) is 37.7 Å². The van der Waals surface area contributed by atoms with E-state index in [1.165, 1.54) is 18.4 Å². The highest BCUT2D eigenvalue weighted by Crippen LogP contribution is 2.25. The predicted molar refractivity (Wildman–Crippen MR) is 113 cm³/mol.